The monoisotopic (exact) mass is 713 g/mol. The molecule has 0 spiro atoms. The highest BCUT2D eigenvalue weighted by Crippen LogP contribution is 2.45. The van der Waals surface area contributed by atoms with Crippen LogP contribution in [0.3, 0.4) is 0 Å². The molecule has 4 aliphatic heterocycles. The van der Waals surface area contributed by atoms with Gasteiger partial charge in [0.05, 0.1) is 5.52 Å². The van der Waals surface area contributed by atoms with Crippen molar-refractivity contribution in [1.29, 1.82) is 0 Å². The largest absolute Gasteiger partial charge is 0.458 e. The molecule has 0 fully saturated rings. The van der Waals surface area contributed by atoms with E-state index in [2.05, 4.69) is 192 Å². The van der Waals surface area contributed by atoms with Crippen molar-refractivity contribution in [3.63, 3.8) is 0 Å². The molecular weight excluding hydrogens is 680 g/mol. The van der Waals surface area contributed by atoms with Crippen molar-refractivity contribution >= 4 is 102 Å². The summed E-state index contributed by atoms with van der Waals surface area (Å²) in [6.45, 7) is 4.44. The van der Waals surface area contributed by atoms with Crippen molar-refractivity contribution < 1.29 is 4.74 Å². The van der Waals surface area contributed by atoms with Gasteiger partial charge < -0.3 is 19.1 Å². The minimum atomic E-state index is 0.000653. The molecule has 4 nitrogen and oxygen atoms in total. The lowest BCUT2D eigenvalue weighted by Gasteiger charge is -2.43. The van der Waals surface area contributed by atoms with Gasteiger partial charge in [0, 0.05) is 62.2 Å². The molecule has 0 bridgehead atoms. The molecule has 1 aromatic heterocycles. The fourth-order valence-corrected chi connectivity index (χ4v) is 10.6. The molecule has 0 saturated heterocycles. The van der Waals surface area contributed by atoms with E-state index in [9.17, 15) is 0 Å². The van der Waals surface area contributed by atoms with Crippen molar-refractivity contribution in [2.75, 3.05) is 9.80 Å². The number of aryl methyl sites for hydroxylation is 2. The van der Waals surface area contributed by atoms with Gasteiger partial charge in [-0.05, 0) is 118 Å². The van der Waals surface area contributed by atoms with Crippen molar-refractivity contribution in [3.8, 4) is 17.2 Å². The number of hydrogen-bond donors (Lipinski definition) is 0. The SMILES string of the molecule is Cc1cc2c3c(c1)N(c1ccccc1)c1ccccc1B3c1cc3c(cc1O2)N(c1ccccc1)c1cc(C)cc2c1B3c1cccc3c4ccccc4n-2c13. The lowest BCUT2D eigenvalue weighted by Crippen LogP contribution is -2.64. The zero-order valence-electron chi connectivity index (χ0n) is 31.0. The molecule has 0 radical (unpaired) electrons. The number of aromatic nitrogens is 1. The van der Waals surface area contributed by atoms with Crippen molar-refractivity contribution in [1.82, 2.24) is 4.57 Å². The van der Waals surface area contributed by atoms with Crippen LogP contribution in [0.5, 0.6) is 11.5 Å². The molecule has 0 aliphatic carbocycles. The van der Waals surface area contributed by atoms with E-state index < -0.39 is 0 Å². The lowest BCUT2D eigenvalue weighted by molar-refractivity contribution is 0.487. The van der Waals surface area contributed by atoms with Crippen LogP contribution in [0.2, 0.25) is 0 Å². The van der Waals surface area contributed by atoms with Crippen LogP contribution in [0.15, 0.2) is 164 Å². The van der Waals surface area contributed by atoms with Crippen molar-refractivity contribution in [2.24, 2.45) is 0 Å². The first-order valence-corrected chi connectivity index (χ1v) is 19.6. The molecule has 260 valence electrons. The van der Waals surface area contributed by atoms with Crippen LogP contribution in [0, 0.1) is 13.8 Å². The first-order chi connectivity index (χ1) is 27.6. The summed E-state index contributed by atoms with van der Waals surface area (Å²) in [5.74, 6) is 1.85. The van der Waals surface area contributed by atoms with Crippen molar-refractivity contribution in [2.45, 2.75) is 13.8 Å². The van der Waals surface area contributed by atoms with E-state index in [1.54, 1.807) is 0 Å². The van der Waals surface area contributed by atoms with E-state index in [0.717, 1.165) is 28.6 Å². The topological polar surface area (TPSA) is 20.6 Å². The van der Waals surface area contributed by atoms with Crippen LogP contribution < -0.4 is 47.3 Å². The molecule has 0 amide bonds. The summed E-state index contributed by atoms with van der Waals surface area (Å²) in [6, 6.07) is 60.7. The molecule has 0 N–H and O–H groups in total. The summed E-state index contributed by atoms with van der Waals surface area (Å²) < 4.78 is 9.71. The highest BCUT2D eigenvalue weighted by atomic mass is 16.5. The molecule has 0 atom stereocenters. The number of rotatable bonds is 2. The number of anilines is 6. The maximum Gasteiger partial charge on any atom is 0.256 e. The number of nitrogens with zero attached hydrogens (tertiary/aromatic N) is 3. The normalized spacial score (nSPS) is 13.9. The predicted octanol–water partition coefficient (Wildman–Crippen LogP) is 8.42. The molecule has 9 aromatic rings. The molecule has 13 rings (SSSR count). The number of fused-ring (bicyclic) bond motifs is 11. The van der Waals surface area contributed by atoms with Crippen LogP contribution in [0.1, 0.15) is 11.1 Å². The van der Waals surface area contributed by atoms with Gasteiger partial charge in [0.25, 0.3) is 13.4 Å². The zero-order chi connectivity index (χ0) is 36.8. The Hall–Kier alpha value is -6.91. The van der Waals surface area contributed by atoms with Gasteiger partial charge in [-0.25, -0.2) is 0 Å². The van der Waals surface area contributed by atoms with Gasteiger partial charge in [-0.1, -0.05) is 97.1 Å². The third-order valence-corrected chi connectivity index (χ3v) is 12.6. The Morgan fingerprint density at radius 2 is 1.02 bits per heavy atom. The second kappa shape index (κ2) is 10.9. The summed E-state index contributed by atoms with van der Waals surface area (Å²) >= 11 is 0. The highest BCUT2D eigenvalue weighted by Gasteiger charge is 2.46. The Bertz CT molecular complexity index is 3170. The van der Waals surface area contributed by atoms with E-state index in [1.165, 1.54) is 88.5 Å². The van der Waals surface area contributed by atoms with Gasteiger partial charge in [0.1, 0.15) is 11.5 Å². The Labute approximate surface area is 326 Å². The van der Waals surface area contributed by atoms with Crippen molar-refractivity contribution in [3.05, 3.63) is 175 Å². The third kappa shape index (κ3) is 3.85. The first-order valence-electron chi connectivity index (χ1n) is 19.6. The average molecular weight is 713 g/mol. The minimum Gasteiger partial charge on any atom is -0.458 e. The summed E-state index contributed by atoms with van der Waals surface area (Å²) in [6.07, 6.45) is 0. The van der Waals surface area contributed by atoms with E-state index in [-0.39, 0.29) is 13.4 Å². The van der Waals surface area contributed by atoms with Gasteiger partial charge in [-0.2, -0.15) is 0 Å². The molecule has 56 heavy (non-hydrogen) atoms. The Morgan fingerprint density at radius 3 is 1.82 bits per heavy atom. The van der Waals surface area contributed by atoms with E-state index in [1.807, 2.05) is 0 Å². The number of para-hydroxylation sites is 5. The van der Waals surface area contributed by atoms with E-state index in [0.29, 0.717) is 0 Å². The maximum atomic E-state index is 7.17. The van der Waals surface area contributed by atoms with Crippen LogP contribution >= 0.6 is 0 Å². The predicted molar refractivity (Wildman–Crippen MR) is 235 cm³/mol. The number of ether oxygens (including phenoxy) is 1. The third-order valence-electron chi connectivity index (χ3n) is 12.6. The summed E-state index contributed by atoms with van der Waals surface area (Å²) in [4.78, 5) is 4.91. The molecule has 6 heteroatoms. The number of benzene rings is 8. The highest BCUT2D eigenvalue weighted by molar-refractivity contribution is 7.02. The quantitative estimate of drug-likeness (QED) is 0.168. The summed E-state index contributed by atoms with van der Waals surface area (Å²) in [5, 5.41) is 2.59. The smallest absolute Gasteiger partial charge is 0.256 e. The molecule has 4 aliphatic rings. The zero-order valence-corrected chi connectivity index (χ0v) is 31.0. The van der Waals surface area contributed by atoms with Gasteiger partial charge >= 0.3 is 0 Å². The van der Waals surface area contributed by atoms with Crippen LogP contribution in [-0.2, 0) is 0 Å². The molecule has 0 saturated carbocycles. The average Bonchev–Trinajstić information content (AvgIpc) is 3.57. The Morgan fingerprint density at radius 1 is 0.411 bits per heavy atom. The van der Waals surface area contributed by atoms with Gasteiger partial charge in [0.15, 0.2) is 0 Å². The lowest BCUT2D eigenvalue weighted by atomic mass is 9.30. The molecular formula is C50H33B2N3O. The van der Waals surface area contributed by atoms with Crippen LogP contribution in [-0.4, -0.2) is 18.0 Å². The first kappa shape index (κ1) is 30.4. The second-order valence-electron chi connectivity index (χ2n) is 15.8. The standard InChI is InChI=1S/C50H33B2N3O/c1-30-24-43-48-44(25-30)55-40-22-11-9-18-34(40)35-19-13-21-37(50(35)55)52(48)38-28-39-46(29-42(38)54(43)33-16-7-4-8-17-33)56-47-27-31(2)26-45-49(47)51(39)36-20-10-12-23-41(36)53(45)32-14-5-3-6-15-32/h3-29H,1-2H3. The van der Waals surface area contributed by atoms with Gasteiger partial charge in [0.2, 0.25) is 0 Å². The number of hydrogen-bond acceptors (Lipinski definition) is 3. The Balaban J connectivity index is 1.14. The fourth-order valence-electron chi connectivity index (χ4n) is 10.6. The minimum absolute atomic E-state index is 0.000653. The van der Waals surface area contributed by atoms with E-state index >= 15 is 0 Å². The molecule has 5 heterocycles. The molecule has 0 unspecified atom stereocenters. The Kier molecular flexibility index (Phi) is 5.90. The maximum absolute atomic E-state index is 7.17. The molecule has 8 aromatic carbocycles. The van der Waals surface area contributed by atoms with Crippen LogP contribution in [0.25, 0.3) is 27.5 Å². The summed E-state index contributed by atoms with van der Waals surface area (Å²) in [5.41, 5.74) is 21.0. The van der Waals surface area contributed by atoms with Gasteiger partial charge in [-0.3, -0.25) is 0 Å². The van der Waals surface area contributed by atoms with E-state index in [4.69, 9.17) is 4.74 Å². The fraction of sp³-hybridized carbons (Fsp3) is 0.0400. The second-order valence-corrected chi connectivity index (χ2v) is 15.8. The summed E-state index contributed by atoms with van der Waals surface area (Å²) in [7, 11) is 0. The van der Waals surface area contributed by atoms with Gasteiger partial charge in [-0.15, -0.1) is 0 Å². The van der Waals surface area contributed by atoms with Crippen LogP contribution in [0.4, 0.5) is 34.1 Å².